The Morgan fingerprint density at radius 3 is 1.23 bits per heavy atom. The summed E-state index contributed by atoms with van der Waals surface area (Å²) < 4.78 is 0. The highest BCUT2D eigenvalue weighted by Crippen LogP contribution is 2.20. The number of carbonyl (C=O) groups excluding carboxylic acids is 10. The van der Waals surface area contributed by atoms with Gasteiger partial charge in [0.05, 0.1) is 38.7 Å². The number of aromatic amines is 1. The number of aliphatic carboxylic acids is 2. The van der Waals surface area contributed by atoms with E-state index in [0.717, 1.165) is 0 Å². The highest BCUT2D eigenvalue weighted by Gasteiger charge is 2.37. The molecule has 10 atom stereocenters. The van der Waals surface area contributed by atoms with Gasteiger partial charge in [0.25, 0.3) is 0 Å². The van der Waals surface area contributed by atoms with Crippen molar-refractivity contribution in [1.82, 2.24) is 52.8 Å². The molecule has 1 heterocycles. The van der Waals surface area contributed by atoms with Crippen LogP contribution in [0.1, 0.15) is 55.4 Å². The van der Waals surface area contributed by atoms with E-state index in [2.05, 4.69) is 52.8 Å². The minimum absolute atomic E-state index is 0.110. The van der Waals surface area contributed by atoms with Crippen molar-refractivity contribution < 1.29 is 93.3 Å². The first-order valence-electron chi connectivity index (χ1n) is 28.9. The number of carboxylic acids is 2. The van der Waals surface area contributed by atoms with Crippen LogP contribution in [0.2, 0.25) is 0 Å². The number of nitrogens with one attached hydrogen (secondary N) is 10. The monoisotopic (exact) mass is 1280 g/mol. The molecule has 0 radical (unpaired) electrons. The van der Waals surface area contributed by atoms with Gasteiger partial charge in [0, 0.05) is 42.8 Å². The van der Waals surface area contributed by atoms with Gasteiger partial charge in [0.1, 0.15) is 65.9 Å². The fourth-order valence-corrected chi connectivity index (χ4v) is 9.37. The van der Waals surface area contributed by atoms with Crippen LogP contribution in [-0.4, -0.2) is 192 Å². The number of fused-ring (bicyclic) bond motifs is 1. The smallest absolute Gasteiger partial charge is 0.326 e. The molecule has 0 spiro atoms. The van der Waals surface area contributed by atoms with Gasteiger partial charge in [-0.05, 0) is 64.9 Å². The van der Waals surface area contributed by atoms with Gasteiger partial charge >= 0.3 is 11.9 Å². The topological polar surface area (TPSA) is 523 Å². The molecule has 0 saturated carbocycles. The Balaban J connectivity index is 1.36. The Morgan fingerprint density at radius 2 is 0.783 bits per heavy atom. The van der Waals surface area contributed by atoms with Crippen LogP contribution in [-0.2, 0) is 83.2 Å². The summed E-state index contributed by atoms with van der Waals surface area (Å²) in [6, 6.07) is 8.82. The average Bonchev–Trinajstić information content (AvgIpc) is 1.73. The first-order valence-corrected chi connectivity index (χ1v) is 28.9. The van der Waals surface area contributed by atoms with Gasteiger partial charge in [0.15, 0.2) is 0 Å². The zero-order chi connectivity index (χ0) is 67.8. The summed E-state index contributed by atoms with van der Waals surface area (Å²) in [6.07, 6.45) is -1.36. The maximum absolute atomic E-state index is 14.8. The molecule has 10 amide bonds. The maximum Gasteiger partial charge on any atom is 0.326 e. The molecule has 0 unspecified atom stereocenters. The highest BCUT2D eigenvalue weighted by molar-refractivity contribution is 6.00. The van der Waals surface area contributed by atoms with Gasteiger partial charge in [-0.1, -0.05) is 86.6 Å². The minimum Gasteiger partial charge on any atom is -0.508 e. The van der Waals surface area contributed by atoms with Gasteiger partial charge in [-0.2, -0.15) is 0 Å². The Kier molecular flexibility index (Phi) is 27.5. The first kappa shape index (κ1) is 72.2. The molecule has 4 aromatic carbocycles. The van der Waals surface area contributed by atoms with Gasteiger partial charge in [0.2, 0.25) is 59.1 Å². The zero-order valence-corrected chi connectivity index (χ0v) is 50.0. The maximum atomic E-state index is 14.8. The number of phenols is 2. The van der Waals surface area contributed by atoms with Crippen LogP contribution >= 0.6 is 0 Å². The number of hydrogen-bond acceptors (Lipinski definition) is 18. The van der Waals surface area contributed by atoms with Crippen LogP contribution in [0.3, 0.4) is 0 Å². The van der Waals surface area contributed by atoms with Crippen molar-refractivity contribution in [2.24, 2.45) is 17.4 Å². The molecule has 494 valence electrons. The lowest BCUT2D eigenvalue weighted by atomic mass is 9.99. The largest absolute Gasteiger partial charge is 0.508 e. The molecule has 31 nitrogen and oxygen atoms in total. The fourth-order valence-electron chi connectivity index (χ4n) is 9.37. The molecule has 0 saturated heterocycles. The van der Waals surface area contributed by atoms with Crippen molar-refractivity contribution in [3.05, 3.63) is 132 Å². The number of para-hydroxylation sites is 1. The molecule has 5 rings (SSSR count). The predicted molar refractivity (Wildman–Crippen MR) is 326 cm³/mol. The molecule has 92 heavy (non-hydrogen) atoms. The van der Waals surface area contributed by atoms with Crippen LogP contribution in [0.5, 0.6) is 11.5 Å². The second-order valence-electron chi connectivity index (χ2n) is 21.9. The Hall–Kier alpha value is -10.5. The molecular formula is C61H76N12O19. The number of hydrogen-bond donors (Lipinski definition) is 19. The van der Waals surface area contributed by atoms with E-state index >= 15 is 0 Å². The minimum atomic E-state index is -1.95. The lowest BCUT2D eigenvalue weighted by molar-refractivity contribution is -0.143. The molecular weight excluding hydrogens is 1200 g/mol. The molecule has 0 bridgehead atoms. The van der Waals surface area contributed by atoms with Gasteiger partial charge in [-0.3, -0.25) is 52.7 Å². The van der Waals surface area contributed by atoms with E-state index in [1.165, 1.54) is 48.5 Å². The average molecular weight is 1280 g/mol. The van der Waals surface area contributed by atoms with E-state index in [1.54, 1.807) is 74.6 Å². The van der Waals surface area contributed by atoms with E-state index in [1.807, 2.05) is 0 Å². The number of aromatic nitrogens is 1. The van der Waals surface area contributed by atoms with Crippen molar-refractivity contribution in [1.29, 1.82) is 0 Å². The van der Waals surface area contributed by atoms with Crippen molar-refractivity contribution in [2.75, 3.05) is 19.8 Å². The zero-order valence-electron chi connectivity index (χ0n) is 50.0. The standard InChI is InChI=1S/C61H76N12O19/c1-31(2)20-41(53(83)69-45(26-51(80)81)57(87)70-46(61(91)92)23-34-14-18-37(78)19-15-34)66-54(84)43(21-32-8-4-3-5-9-32)67-56(86)44(24-35-27-64-40-11-7-6-10-38(35)40)68-58(88)47(28-74)72-60(90)49(30-76)73-59(89)48(29-75)71-55(85)42(22-33-12-16-36(77)17-13-33)65-52(82)39(62)25-50(63)79/h3-19,27,31,39,41-49,64,74-78H,20-26,28-30,62H2,1-2H3,(H2,63,79)(H,65,82)(H,66,84)(H,67,86)(H,68,88)(H,69,83)(H,70,87)(H,71,85)(H,72,90)(H,73,89)(H,80,81)(H,91,92)/t39-,41-,42-,43-,44-,45-,46-,47-,48-,49-/m0/s1. The predicted octanol–water partition coefficient (Wildman–Crippen LogP) is -4.00. The molecule has 21 N–H and O–H groups in total. The summed E-state index contributed by atoms with van der Waals surface area (Å²) in [7, 11) is 0. The number of rotatable bonds is 36. The molecule has 1 aromatic heterocycles. The van der Waals surface area contributed by atoms with E-state index in [9.17, 15) is 93.3 Å². The Bertz CT molecular complexity index is 3400. The number of nitrogens with two attached hydrogens (primary N) is 2. The summed E-state index contributed by atoms with van der Waals surface area (Å²) in [6.45, 7) is -0.0873. The normalized spacial score (nSPS) is 14.4. The van der Waals surface area contributed by atoms with E-state index < -0.39 is 164 Å². The van der Waals surface area contributed by atoms with Crippen LogP contribution < -0.4 is 59.3 Å². The fraction of sp³-hybridized carbons (Fsp3) is 0.377. The number of phenolic OH excluding ortho intramolecular Hbond substituents is 2. The summed E-state index contributed by atoms with van der Waals surface area (Å²) >= 11 is 0. The molecule has 0 aliphatic carbocycles. The van der Waals surface area contributed by atoms with Crippen molar-refractivity contribution >= 4 is 81.9 Å². The molecule has 0 aliphatic heterocycles. The lowest BCUT2D eigenvalue weighted by Gasteiger charge is -2.28. The molecule has 31 heteroatoms. The quantitative estimate of drug-likeness (QED) is 0.0182. The Labute approximate surface area is 525 Å². The van der Waals surface area contributed by atoms with Gasteiger partial charge in [-0.25, -0.2) is 4.79 Å². The summed E-state index contributed by atoms with van der Waals surface area (Å²) in [5.74, 6) is -14.7. The van der Waals surface area contributed by atoms with Gasteiger partial charge in [-0.15, -0.1) is 0 Å². The highest BCUT2D eigenvalue weighted by atomic mass is 16.4. The number of benzene rings is 4. The molecule has 5 aromatic rings. The Morgan fingerprint density at radius 1 is 0.424 bits per heavy atom. The number of H-pyrrole nitrogens is 1. The molecule has 0 aliphatic rings. The summed E-state index contributed by atoms with van der Waals surface area (Å²) in [5.41, 5.74) is 13.3. The van der Waals surface area contributed by atoms with E-state index in [-0.39, 0.29) is 49.5 Å². The number of primary amides is 1. The second kappa shape index (κ2) is 35.0. The third kappa shape index (κ3) is 22.5. The lowest BCUT2D eigenvalue weighted by Crippen LogP contribution is -2.62. The van der Waals surface area contributed by atoms with Crippen molar-refractivity contribution in [3.63, 3.8) is 0 Å². The van der Waals surface area contributed by atoms with Crippen molar-refractivity contribution in [2.45, 2.75) is 119 Å². The SMILES string of the molecule is CC(C)C[C@H](NC(=O)[C@H](Cc1ccccc1)NC(=O)[C@H](Cc1c[nH]c2ccccc12)NC(=O)[C@H](CO)NC(=O)[C@H](CO)NC(=O)[C@H](CO)NC(=O)[C@H](Cc1ccc(O)cc1)NC(=O)[C@@H](N)CC(N)=O)C(=O)N[C@@H](CC(=O)O)C(=O)N[C@@H](Cc1ccc(O)cc1)C(=O)O. The van der Waals surface area contributed by atoms with Crippen molar-refractivity contribution in [3.8, 4) is 11.5 Å². The van der Waals surface area contributed by atoms with Crippen LogP contribution in [0.4, 0.5) is 0 Å². The number of aromatic hydroxyl groups is 2. The first-order chi connectivity index (χ1) is 43.7. The second-order valence-corrected chi connectivity index (χ2v) is 21.9. The third-order valence-electron chi connectivity index (χ3n) is 14.2. The van der Waals surface area contributed by atoms with E-state index in [4.69, 9.17) is 11.5 Å². The number of amides is 10. The van der Waals surface area contributed by atoms with E-state index in [0.29, 0.717) is 33.2 Å². The number of carbonyl (C=O) groups is 12. The van der Waals surface area contributed by atoms with Gasteiger partial charge < -0.3 is 100 Å². The summed E-state index contributed by atoms with van der Waals surface area (Å²) in [5, 5.41) is 92.0. The number of carboxylic acid groups (broad SMARTS) is 2. The third-order valence-corrected chi connectivity index (χ3v) is 14.2. The van der Waals surface area contributed by atoms with Crippen LogP contribution in [0.25, 0.3) is 10.9 Å². The molecule has 0 fully saturated rings. The number of aliphatic hydroxyl groups is 3. The van der Waals surface area contributed by atoms with Crippen LogP contribution in [0, 0.1) is 5.92 Å². The number of aliphatic hydroxyl groups excluding tert-OH is 3. The summed E-state index contributed by atoms with van der Waals surface area (Å²) in [4.78, 5) is 164. The van der Waals surface area contributed by atoms with Crippen LogP contribution in [0.15, 0.2) is 109 Å².